The van der Waals surface area contributed by atoms with Crippen LogP contribution in [-0.2, 0) is 0 Å². The normalized spacial score (nSPS) is 13.0. The van der Waals surface area contributed by atoms with Crippen molar-refractivity contribution in [2.45, 2.75) is 6.92 Å². The summed E-state index contributed by atoms with van der Waals surface area (Å²) in [5.41, 5.74) is 1.61. The van der Waals surface area contributed by atoms with Crippen molar-refractivity contribution in [2.24, 2.45) is 0 Å². The van der Waals surface area contributed by atoms with Crippen LogP contribution >= 0.6 is 0 Å². The van der Waals surface area contributed by atoms with Crippen molar-refractivity contribution in [1.82, 2.24) is 0 Å². The first-order valence-electron chi connectivity index (χ1n) is 7.62. The monoisotopic (exact) mass is 320 g/mol. The summed E-state index contributed by atoms with van der Waals surface area (Å²) in [6.45, 7) is 1.52. The Labute approximate surface area is 138 Å². The van der Waals surface area contributed by atoms with E-state index in [2.05, 4.69) is 0 Å². The van der Waals surface area contributed by atoms with Gasteiger partial charge in [0.2, 0.25) is 0 Å². The van der Waals surface area contributed by atoms with E-state index >= 15 is 0 Å². The number of benzene rings is 3. The van der Waals surface area contributed by atoms with Crippen molar-refractivity contribution in [3.05, 3.63) is 51.8 Å². The molecular weight excluding hydrogens is 304 g/mol. The maximum absolute atomic E-state index is 12.3. The SMILES string of the molecule is COc1cc2c(OC)ccc3c4cc(=O)c(=C(C)O)cc-4c(c1)c23. The maximum Gasteiger partial charge on any atom is 0.189 e. The minimum absolute atomic E-state index is 0.0236. The van der Waals surface area contributed by atoms with Crippen molar-refractivity contribution in [2.75, 3.05) is 14.2 Å². The molecule has 0 aromatic heterocycles. The minimum atomic E-state index is -0.183. The molecule has 0 unspecified atom stereocenters. The molecule has 2 aromatic carbocycles. The Morgan fingerprint density at radius 3 is 2.29 bits per heavy atom. The van der Waals surface area contributed by atoms with E-state index in [1.165, 1.54) is 6.92 Å². The highest BCUT2D eigenvalue weighted by atomic mass is 16.5. The molecule has 2 aliphatic carbocycles. The van der Waals surface area contributed by atoms with Crippen molar-refractivity contribution < 1.29 is 14.6 Å². The fourth-order valence-corrected chi connectivity index (χ4v) is 3.47. The lowest BCUT2D eigenvalue weighted by atomic mass is 10.0. The highest BCUT2D eigenvalue weighted by molar-refractivity contribution is 6.25. The quantitative estimate of drug-likeness (QED) is 0.615. The van der Waals surface area contributed by atoms with Gasteiger partial charge in [0.05, 0.1) is 19.4 Å². The van der Waals surface area contributed by atoms with Crippen LogP contribution in [0, 0.1) is 0 Å². The lowest BCUT2D eigenvalue weighted by Gasteiger charge is -2.08. The van der Waals surface area contributed by atoms with Crippen molar-refractivity contribution in [3.63, 3.8) is 0 Å². The molecule has 2 aromatic rings. The molecule has 4 heteroatoms. The second kappa shape index (κ2) is 4.99. The molecule has 2 aliphatic rings. The van der Waals surface area contributed by atoms with Crippen molar-refractivity contribution >= 4 is 27.3 Å². The van der Waals surface area contributed by atoms with Crippen LogP contribution in [0.3, 0.4) is 0 Å². The summed E-state index contributed by atoms with van der Waals surface area (Å²) in [6.07, 6.45) is 0. The molecular formula is C20H16O4. The van der Waals surface area contributed by atoms with Gasteiger partial charge in [-0.15, -0.1) is 0 Å². The second-order valence-corrected chi connectivity index (χ2v) is 5.89. The van der Waals surface area contributed by atoms with Gasteiger partial charge >= 0.3 is 0 Å². The smallest absolute Gasteiger partial charge is 0.189 e. The Balaban J connectivity index is 2.33. The molecule has 0 aliphatic heterocycles. The van der Waals surface area contributed by atoms with E-state index < -0.39 is 0 Å². The number of methoxy groups -OCH3 is 2. The molecule has 0 fully saturated rings. The number of aliphatic hydroxyl groups is 1. The van der Waals surface area contributed by atoms with Gasteiger partial charge in [-0.05, 0) is 59.2 Å². The molecule has 4 rings (SSSR count). The first-order chi connectivity index (χ1) is 11.5. The lowest BCUT2D eigenvalue weighted by Crippen LogP contribution is -2.25. The van der Waals surface area contributed by atoms with Gasteiger partial charge in [-0.25, -0.2) is 0 Å². The summed E-state index contributed by atoms with van der Waals surface area (Å²) in [7, 11) is 3.26. The van der Waals surface area contributed by atoms with E-state index in [9.17, 15) is 9.90 Å². The number of aliphatic hydroxyl groups excluding tert-OH is 1. The molecule has 0 atom stereocenters. The summed E-state index contributed by atoms with van der Waals surface area (Å²) in [6, 6.07) is 11.1. The molecule has 120 valence electrons. The van der Waals surface area contributed by atoms with Crippen LogP contribution < -0.4 is 20.1 Å². The van der Waals surface area contributed by atoms with E-state index in [1.54, 1.807) is 26.4 Å². The largest absolute Gasteiger partial charge is 0.512 e. The third kappa shape index (κ3) is 1.83. The lowest BCUT2D eigenvalue weighted by molar-refractivity contribution is 0.412. The summed E-state index contributed by atoms with van der Waals surface area (Å²) in [4.78, 5) is 12.3. The van der Waals surface area contributed by atoms with E-state index in [0.29, 0.717) is 5.22 Å². The van der Waals surface area contributed by atoms with Crippen LogP contribution in [0.4, 0.5) is 0 Å². The Morgan fingerprint density at radius 1 is 0.917 bits per heavy atom. The number of hydrogen-bond donors (Lipinski definition) is 1. The zero-order chi connectivity index (χ0) is 17.0. The number of fused-ring (bicyclic) bond motifs is 3. The Kier molecular flexibility index (Phi) is 3.03. The summed E-state index contributed by atoms with van der Waals surface area (Å²) < 4.78 is 10.9. The maximum atomic E-state index is 12.3. The van der Waals surface area contributed by atoms with Crippen LogP contribution in [0.2, 0.25) is 0 Å². The Morgan fingerprint density at radius 2 is 1.62 bits per heavy atom. The van der Waals surface area contributed by atoms with Gasteiger partial charge in [0, 0.05) is 10.8 Å². The molecule has 0 amide bonds. The third-order valence-electron chi connectivity index (χ3n) is 4.59. The van der Waals surface area contributed by atoms with Crippen LogP contribution in [0.25, 0.3) is 38.4 Å². The predicted molar refractivity (Wildman–Crippen MR) is 95.6 cm³/mol. The van der Waals surface area contributed by atoms with Crippen LogP contribution in [-0.4, -0.2) is 19.3 Å². The van der Waals surface area contributed by atoms with Crippen molar-refractivity contribution in [1.29, 1.82) is 0 Å². The van der Waals surface area contributed by atoms with Crippen LogP contribution in [0.1, 0.15) is 6.92 Å². The molecule has 24 heavy (non-hydrogen) atoms. The fraction of sp³-hybridized carbons (Fsp3) is 0.150. The Hall–Kier alpha value is -3.01. The van der Waals surface area contributed by atoms with Gasteiger partial charge in [-0.1, -0.05) is 6.07 Å². The number of hydrogen-bond acceptors (Lipinski definition) is 4. The van der Waals surface area contributed by atoms with Gasteiger partial charge in [0.15, 0.2) is 5.43 Å². The third-order valence-corrected chi connectivity index (χ3v) is 4.59. The van der Waals surface area contributed by atoms with Gasteiger partial charge in [-0.3, -0.25) is 4.79 Å². The zero-order valence-electron chi connectivity index (χ0n) is 13.6. The molecule has 0 saturated heterocycles. The van der Waals surface area contributed by atoms with E-state index in [-0.39, 0.29) is 11.2 Å². The first-order valence-corrected chi connectivity index (χ1v) is 7.62. The average Bonchev–Trinajstić information content (AvgIpc) is 2.88. The molecule has 0 radical (unpaired) electrons. The molecule has 0 saturated carbocycles. The highest BCUT2D eigenvalue weighted by Crippen LogP contribution is 2.46. The minimum Gasteiger partial charge on any atom is -0.512 e. The zero-order valence-corrected chi connectivity index (χ0v) is 13.6. The van der Waals surface area contributed by atoms with E-state index in [0.717, 1.165) is 44.2 Å². The van der Waals surface area contributed by atoms with Crippen LogP contribution in [0.5, 0.6) is 11.5 Å². The number of rotatable bonds is 2. The summed E-state index contributed by atoms with van der Waals surface area (Å²) in [5.74, 6) is 1.50. The van der Waals surface area contributed by atoms with Crippen molar-refractivity contribution in [3.8, 4) is 22.6 Å². The average molecular weight is 320 g/mol. The highest BCUT2D eigenvalue weighted by Gasteiger charge is 2.20. The first kappa shape index (κ1) is 14.6. The summed E-state index contributed by atoms with van der Waals surface area (Å²) >= 11 is 0. The van der Waals surface area contributed by atoms with Gasteiger partial charge in [0.25, 0.3) is 0 Å². The fourth-order valence-electron chi connectivity index (χ4n) is 3.47. The topological polar surface area (TPSA) is 55.8 Å². The van der Waals surface area contributed by atoms with Crippen LogP contribution in [0.15, 0.2) is 41.2 Å². The van der Waals surface area contributed by atoms with Gasteiger partial charge < -0.3 is 14.6 Å². The molecule has 0 bridgehead atoms. The Bertz CT molecular complexity index is 1160. The molecule has 0 spiro atoms. The van der Waals surface area contributed by atoms with Gasteiger partial charge in [-0.2, -0.15) is 0 Å². The van der Waals surface area contributed by atoms with E-state index in [4.69, 9.17) is 9.47 Å². The second-order valence-electron chi connectivity index (χ2n) is 5.89. The molecule has 1 N–H and O–H groups in total. The number of ether oxygens (including phenoxy) is 2. The summed E-state index contributed by atoms with van der Waals surface area (Å²) in [5, 5.41) is 14.1. The molecule has 4 nitrogen and oxygen atoms in total. The van der Waals surface area contributed by atoms with Gasteiger partial charge in [0.1, 0.15) is 17.3 Å². The standard InChI is InChI=1S/C20H16O4/c1-10(21)13-8-14-15(9-18(13)22)12-4-5-19(24-3)17-7-11(23-2)6-16(14)20(12)17/h4-9,21H,1-3H3. The molecule has 0 heterocycles. The van der Waals surface area contributed by atoms with E-state index in [1.807, 2.05) is 24.3 Å². The predicted octanol–water partition coefficient (Wildman–Crippen LogP) is 3.32.